The molecule has 0 bridgehead atoms. The smallest absolute Gasteiger partial charge is 0.287 e. The second kappa shape index (κ2) is 7.81. The Morgan fingerprint density at radius 2 is 1.88 bits per heavy atom. The van der Waals surface area contributed by atoms with Crippen LogP contribution >= 0.6 is 0 Å². The summed E-state index contributed by atoms with van der Waals surface area (Å²) >= 11 is 0. The van der Waals surface area contributed by atoms with Crippen LogP contribution in [0.2, 0.25) is 0 Å². The van der Waals surface area contributed by atoms with E-state index in [2.05, 4.69) is 11.2 Å². The molecule has 0 atom stereocenters. The molecule has 6 nitrogen and oxygen atoms in total. The second-order valence-electron chi connectivity index (χ2n) is 9.60. The van der Waals surface area contributed by atoms with Gasteiger partial charge < -0.3 is 14.6 Å². The second-order valence-corrected chi connectivity index (χ2v) is 9.60. The van der Waals surface area contributed by atoms with Gasteiger partial charge >= 0.3 is 0 Å². The minimum Gasteiger partial charge on any atom is -0.451 e. The van der Waals surface area contributed by atoms with Crippen molar-refractivity contribution in [2.24, 2.45) is 5.41 Å². The van der Waals surface area contributed by atoms with E-state index in [4.69, 9.17) is 10.8 Å². The highest BCUT2D eigenvalue weighted by Gasteiger charge is 2.49. The van der Waals surface area contributed by atoms with Gasteiger partial charge in [-0.15, -0.1) is 6.42 Å². The number of hydrogen-bond acceptors (Lipinski definition) is 4. The first kappa shape index (κ1) is 20.8. The SMILES string of the molecule is C#CC1(CC(=O)C2(NC(=O)c3cc4ccc(N5CCCC5=O)cc4o3)CCCCC2)CC1. The van der Waals surface area contributed by atoms with Crippen molar-refractivity contribution in [3.05, 3.63) is 30.0 Å². The average molecular weight is 433 g/mol. The lowest BCUT2D eigenvalue weighted by Crippen LogP contribution is -2.56. The zero-order valence-electron chi connectivity index (χ0n) is 18.2. The maximum Gasteiger partial charge on any atom is 0.287 e. The van der Waals surface area contributed by atoms with Gasteiger partial charge in [0.15, 0.2) is 11.5 Å². The van der Waals surface area contributed by atoms with Crippen LogP contribution in [0.3, 0.4) is 0 Å². The zero-order chi connectivity index (χ0) is 22.3. The third kappa shape index (κ3) is 3.70. The van der Waals surface area contributed by atoms with Crippen LogP contribution in [0.4, 0.5) is 5.69 Å². The summed E-state index contributed by atoms with van der Waals surface area (Å²) in [5.41, 5.74) is 0.160. The Bertz CT molecular complexity index is 1130. The Hall–Kier alpha value is -3.07. The fourth-order valence-corrected chi connectivity index (χ4v) is 5.13. The van der Waals surface area contributed by atoms with Crippen LogP contribution in [-0.2, 0) is 9.59 Å². The largest absolute Gasteiger partial charge is 0.451 e. The van der Waals surface area contributed by atoms with Gasteiger partial charge in [-0.2, -0.15) is 0 Å². The van der Waals surface area contributed by atoms with E-state index in [0.29, 0.717) is 37.8 Å². The van der Waals surface area contributed by atoms with Gasteiger partial charge in [-0.25, -0.2) is 0 Å². The number of amides is 2. The predicted octanol–water partition coefficient (Wildman–Crippen LogP) is 4.36. The van der Waals surface area contributed by atoms with E-state index < -0.39 is 5.54 Å². The third-order valence-corrected chi connectivity index (χ3v) is 7.36. The molecule has 6 heteroatoms. The maximum absolute atomic E-state index is 13.3. The van der Waals surface area contributed by atoms with Gasteiger partial charge in [0.2, 0.25) is 5.91 Å². The highest BCUT2D eigenvalue weighted by molar-refractivity contribution is 6.02. The fourth-order valence-electron chi connectivity index (χ4n) is 5.13. The highest BCUT2D eigenvalue weighted by Crippen LogP contribution is 2.49. The van der Waals surface area contributed by atoms with Crippen molar-refractivity contribution in [3.8, 4) is 12.3 Å². The molecule has 0 unspecified atom stereocenters. The number of benzene rings is 1. The van der Waals surface area contributed by atoms with Crippen LogP contribution in [0, 0.1) is 17.8 Å². The van der Waals surface area contributed by atoms with E-state index in [9.17, 15) is 14.4 Å². The number of terminal acetylenes is 1. The van der Waals surface area contributed by atoms with Crippen LogP contribution < -0.4 is 10.2 Å². The molecule has 2 heterocycles. The third-order valence-electron chi connectivity index (χ3n) is 7.36. The summed E-state index contributed by atoms with van der Waals surface area (Å²) in [6.07, 6.45) is 13.3. The summed E-state index contributed by atoms with van der Waals surface area (Å²) in [7, 11) is 0. The van der Waals surface area contributed by atoms with E-state index in [-0.39, 0.29) is 28.8 Å². The summed E-state index contributed by atoms with van der Waals surface area (Å²) in [6, 6.07) is 7.25. The molecule has 2 amide bonds. The number of Topliss-reactive ketones (excluding diaryl/α,β-unsaturated/α-hetero) is 1. The predicted molar refractivity (Wildman–Crippen MR) is 121 cm³/mol. The molecule has 5 rings (SSSR count). The number of fused-ring (bicyclic) bond motifs is 1. The lowest BCUT2D eigenvalue weighted by molar-refractivity contribution is -0.127. The first-order chi connectivity index (χ1) is 15.4. The first-order valence-corrected chi connectivity index (χ1v) is 11.6. The minimum absolute atomic E-state index is 0.0481. The van der Waals surface area contributed by atoms with Crippen molar-refractivity contribution in [2.75, 3.05) is 11.4 Å². The van der Waals surface area contributed by atoms with Crippen molar-refractivity contribution < 1.29 is 18.8 Å². The van der Waals surface area contributed by atoms with Gasteiger partial charge in [0.05, 0.1) is 5.54 Å². The topological polar surface area (TPSA) is 79.6 Å². The van der Waals surface area contributed by atoms with Crippen LogP contribution in [0.15, 0.2) is 28.7 Å². The van der Waals surface area contributed by atoms with E-state index in [1.807, 2.05) is 12.1 Å². The van der Waals surface area contributed by atoms with Crippen molar-refractivity contribution in [1.29, 1.82) is 0 Å². The first-order valence-electron chi connectivity index (χ1n) is 11.6. The van der Waals surface area contributed by atoms with E-state index in [1.165, 1.54) is 0 Å². The number of anilines is 1. The molecule has 32 heavy (non-hydrogen) atoms. The van der Waals surface area contributed by atoms with Gasteiger partial charge in [-0.05, 0) is 50.3 Å². The Morgan fingerprint density at radius 1 is 1.09 bits per heavy atom. The monoisotopic (exact) mass is 432 g/mol. The number of ketones is 1. The molecule has 1 aromatic carbocycles. The number of carbonyl (C=O) groups is 3. The highest BCUT2D eigenvalue weighted by atomic mass is 16.3. The molecule has 166 valence electrons. The summed E-state index contributed by atoms with van der Waals surface area (Å²) in [5, 5.41) is 3.84. The van der Waals surface area contributed by atoms with Gasteiger partial charge in [0.1, 0.15) is 5.58 Å². The molecule has 1 saturated heterocycles. The van der Waals surface area contributed by atoms with Crippen molar-refractivity contribution >= 4 is 34.3 Å². The number of carbonyl (C=O) groups excluding carboxylic acids is 3. The molecule has 2 aliphatic carbocycles. The molecular formula is C26H28N2O4. The minimum atomic E-state index is -0.867. The average Bonchev–Trinajstić information content (AvgIpc) is 3.22. The lowest BCUT2D eigenvalue weighted by atomic mass is 9.75. The molecule has 1 aliphatic heterocycles. The summed E-state index contributed by atoms with van der Waals surface area (Å²) in [4.78, 5) is 40.3. The number of hydrogen-bond donors (Lipinski definition) is 1. The molecule has 2 aromatic rings. The fraction of sp³-hybridized carbons (Fsp3) is 0.500. The van der Waals surface area contributed by atoms with E-state index in [0.717, 1.165) is 49.6 Å². The molecule has 1 N–H and O–H groups in total. The maximum atomic E-state index is 13.3. The van der Waals surface area contributed by atoms with E-state index >= 15 is 0 Å². The van der Waals surface area contributed by atoms with Gasteiger partial charge in [-0.1, -0.05) is 25.2 Å². The zero-order valence-corrected chi connectivity index (χ0v) is 18.2. The van der Waals surface area contributed by atoms with Crippen LogP contribution in [0.1, 0.15) is 74.8 Å². The number of furan rings is 1. The standard InChI is InChI=1S/C26H28N2O4/c1-2-25(12-13-25)17-22(29)26(10-4-3-5-11-26)27-24(31)21-15-18-8-9-19(16-20(18)32-21)28-14-6-7-23(28)30/h1,8-9,15-16H,3-7,10-14,17H2,(H,27,31). The molecule has 3 aliphatic rings. The Morgan fingerprint density at radius 3 is 2.53 bits per heavy atom. The lowest BCUT2D eigenvalue weighted by Gasteiger charge is -2.37. The van der Waals surface area contributed by atoms with Crippen molar-refractivity contribution in [2.45, 2.75) is 69.7 Å². The summed E-state index contributed by atoms with van der Waals surface area (Å²) in [5.74, 6) is 2.75. The Labute approximate surface area is 187 Å². The van der Waals surface area contributed by atoms with Crippen molar-refractivity contribution in [1.82, 2.24) is 5.32 Å². The van der Waals surface area contributed by atoms with Crippen LogP contribution in [0.5, 0.6) is 0 Å². The Kier molecular flexibility index (Phi) is 5.08. The number of nitrogens with one attached hydrogen (secondary N) is 1. The quantitative estimate of drug-likeness (QED) is 0.688. The molecular weight excluding hydrogens is 404 g/mol. The Balaban J connectivity index is 1.37. The molecule has 3 fully saturated rings. The van der Waals surface area contributed by atoms with Crippen LogP contribution in [0.25, 0.3) is 11.0 Å². The van der Waals surface area contributed by atoms with Gasteiger partial charge in [-0.3, -0.25) is 14.4 Å². The van der Waals surface area contributed by atoms with Gasteiger partial charge in [0.25, 0.3) is 5.91 Å². The molecule has 1 aromatic heterocycles. The molecule has 0 spiro atoms. The van der Waals surface area contributed by atoms with Gasteiger partial charge in [0, 0.05) is 41.9 Å². The number of nitrogens with zero attached hydrogens (tertiary/aromatic N) is 1. The normalized spacial score (nSPS) is 21.3. The van der Waals surface area contributed by atoms with Crippen molar-refractivity contribution in [3.63, 3.8) is 0 Å². The molecule has 2 saturated carbocycles. The van der Waals surface area contributed by atoms with E-state index in [1.54, 1.807) is 17.0 Å². The summed E-state index contributed by atoms with van der Waals surface area (Å²) in [6.45, 7) is 0.697. The summed E-state index contributed by atoms with van der Waals surface area (Å²) < 4.78 is 5.87. The number of rotatable bonds is 6. The van der Waals surface area contributed by atoms with Crippen LogP contribution in [-0.4, -0.2) is 29.7 Å². The molecule has 0 radical (unpaired) electrons.